The molecule has 0 spiro atoms. The highest BCUT2D eigenvalue weighted by molar-refractivity contribution is 5.23. The maximum absolute atomic E-state index is 8.52. The topological polar surface area (TPSA) is 47.6 Å². The van der Waals surface area contributed by atoms with E-state index in [9.17, 15) is 0 Å². The van der Waals surface area contributed by atoms with Crippen LogP contribution < -0.4 is 0 Å². The quantitative estimate of drug-likeness (QED) is 0.515. The molecular weight excluding hydrogens is 124 g/mol. The van der Waals surface area contributed by atoms with Crippen LogP contribution in [0.5, 0.6) is 0 Å². The molecular formula is C8H10N2. The zero-order valence-electron chi connectivity index (χ0n) is 6.47. The summed E-state index contributed by atoms with van der Waals surface area (Å²) in [7, 11) is 0. The summed E-state index contributed by atoms with van der Waals surface area (Å²) in [6.07, 6.45) is 1.66. The molecule has 0 radical (unpaired) electrons. The van der Waals surface area contributed by atoms with Crippen LogP contribution in [-0.4, -0.2) is 0 Å². The van der Waals surface area contributed by atoms with Crippen LogP contribution in [-0.2, 0) is 0 Å². The molecule has 0 amide bonds. The van der Waals surface area contributed by atoms with Gasteiger partial charge in [-0.15, -0.1) is 0 Å². The van der Waals surface area contributed by atoms with E-state index in [1.54, 1.807) is 13.0 Å². The molecule has 0 N–H and O–H groups in total. The van der Waals surface area contributed by atoms with Crippen molar-refractivity contribution < 1.29 is 0 Å². The van der Waals surface area contributed by atoms with Crippen LogP contribution >= 0.6 is 0 Å². The predicted octanol–water partition coefficient (Wildman–Crippen LogP) is 2.01. The van der Waals surface area contributed by atoms with E-state index in [1.165, 1.54) is 0 Å². The molecule has 0 aliphatic rings. The number of hydrogen-bond acceptors (Lipinski definition) is 2. The highest BCUT2D eigenvalue weighted by Gasteiger charge is 2.18. The standard InChI is InChI=1S/C8H10N2/c1-7(2)4-8(3,5-9)6-10/h4H,1-3H3. The van der Waals surface area contributed by atoms with Gasteiger partial charge in [0.25, 0.3) is 0 Å². The van der Waals surface area contributed by atoms with Crippen LogP contribution in [0.3, 0.4) is 0 Å². The highest BCUT2D eigenvalue weighted by Crippen LogP contribution is 2.16. The Balaban J connectivity index is 4.61. The van der Waals surface area contributed by atoms with E-state index in [4.69, 9.17) is 10.5 Å². The smallest absolute Gasteiger partial charge is 0.159 e. The molecule has 0 fully saturated rings. The number of allylic oxidation sites excluding steroid dienone is 2. The predicted molar refractivity (Wildman–Crippen MR) is 38.8 cm³/mol. The summed E-state index contributed by atoms with van der Waals surface area (Å²) in [5.74, 6) is 0. The Bertz CT molecular complexity index is 207. The molecule has 0 heterocycles. The Morgan fingerprint density at radius 3 is 1.80 bits per heavy atom. The van der Waals surface area contributed by atoms with Gasteiger partial charge in [-0.1, -0.05) is 11.6 Å². The van der Waals surface area contributed by atoms with E-state index in [0.29, 0.717) is 0 Å². The monoisotopic (exact) mass is 134 g/mol. The molecule has 0 rings (SSSR count). The Labute approximate surface area is 61.4 Å². The fourth-order valence-corrected chi connectivity index (χ4v) is 0.667. The summed E-state index contributed by atoms with van der Waals surface area (Å²) < 4.78 is 0. The van der Waals surface area contributed by atoms with Crippen LogP contribution in [0.15, 0.2) is 11.6 Å². The Morgan fingerprint density at radius 1 is 1.30 bits per heavy atom. The van der Waals surface area contributed by atoms with Gasteiger partial charge in [0, 0.05) is 0 Å². The third-order valence-corrected chi connectivity index (χ3v) is 1.04. The van der Waals surface area contributed by atoms with Gasteiger partial charge in [-0.25, -0.2) is 0 Å². The molecule has 0 unspecified atom stereocenters. The Kier molecular flexibility index (Phi) is 2.65. The lowest BCUT2D eigenvalue weighted by atomic mass is 9.93. The summed E-state index contributed by atoms with van der Waals surface area (Å²) >= 11 is 0. The van der Waals surface area contributed by atoms with Gasteiger partial charge >= 0.3 is 0 Å². The van der Waals surface area contributed by atoms with Crippen LogP contribution in [0.2, 0.25) is 0 Å². The van der Waals surface area contributed by atoms with E-state index in [0.717, 1.165) is 5.57 Å². The molecule has 0 bridgehead atoms. The van der Waals surface area contributed by atoms with Crippen molar-refractivity contribution in [2.45, 2.75) is 20.8 Å². The summed E-state index contributed by atoms with van der Waals surface area (Å²) in [5.41, 5.74) is 0.0457. The average Bonchev–Trinajstić information content (AvgIpc) is 1.87. The van der Waals surface area contributed by atoms with Crippen LogP contribution in [0.25, 0.3) is 0 Å². The molecule has 2 heteroatoms. The van der Waals surface area contributed by atoms with Crippen LogP contribution in [0.4, 0.5) is 0 Å². The van der Waals surface area contributed by atoms with Crippen molar-refractivity contribution in [2.24, 2.45) is 5.41 Å². The lowest BCUT2D eigenvalue weighted by molar-refractivity contribution is 0.746. The minimum absolute atomic E-state index is 0.946. The van der Waals surface area contributed by atoms with E-state index < -0.39 is 5.41 Å². The first-order valence-corrected chi connectivity index (χ1v) is 3.02. The molecule has 52 valence electrons. The van der Waals surface area contributed by atoms with Crippen molar-refractivity contribution in [3.63, 3.8) is 0 Å². The largest absolute Gasteiger partial charge is 0.196 e. The summed E-state index contributed by atoms with van der Waals surface area (Å²) in [6.45, 7) is 5.33. The van der Waals surface area contributed by atoms with E-state index >= 15 is 0 Å². The van der Waals surface area contributed by atoms with Gasteiger partial charge in [0.15, 0.2) is 5.41 Å². The first-order valence-electron chi connectivity index (χ1n) is 3.02. The zero-order chi connectivity index (χ0) is 8.20. The van der Waals surface area contributed by atoms with Crippen LogP contribution in [0.1, 0.15) is 20.8 Å². The second-order valence-electron chi connectivity index (χ2n) is 2.65. The highest BCUT2D eigenvalue weighted by atomic mass is 14.4. The van der Waals surface area contributed by atoms with Gasteiger partial charge < -0.3 is 0 Å². The first-order chi connectivity index (χ1) is 4.54. The maximum Gasteiger partial charge on any atom is 0.159 e. The van der Waals surface area contributed by atoms with Gasteiger partial charge in [0.1, 0.15) is 0 Å². The zero-order valence-corrected chi connectivity index (χ0v) is 6.47. The second-order valence-corrected chi connectivity index (χ2v) is 2.65. The molecule has 0 atom stereocenters. The van der Waals surface area contributed by atoms with Crippen molar-refractivity contribution in [3.05, 3.63) is 11.6 Å². The maximum atomic E-state index is 8.52. The minimum atomic E-state index is -0.946. The molecule has 0 saturated carbocycles. The number of rotatable bonds is 1. The van der Waals surface area contributed by atoms with Crippen molar-refractivity contribution in [1.29, 1.82) is 10.5 Å². The lowest BCUT2D eigenvalue weighted by Crippen LogP contribution is -2.05. The molecule has 0 aromatic heterocycles. The molecule has 0 aliphatic carbocycles. The fourth-order valence-electron chi connectivity index (χ4n) is 0.667. The third-order valence-electron chi connectivity index (χ3n) is 1.04. The van der Waals surface area contributed by atoms with Gasteiger partial charge in [0.05, 0.1) is 12.1 Å². The van der Waals surface area contributed by atoms with Gasteiger partial charge in [0.2, 0.25) is 0 Å². The fraction of sp³-hybridized carbons (Fsp3) is 0.500. The van der Waals surface area contributed by atoms with E-state index in [1.807, 2.05) is 26.0 Å². The SMILES string of the molecule is CC(C)=CC(C)(C#N)C#N. The van der Waals surface area contributed by atoms with Crippen molar-refractivity contribution in [2.75, 3.05) is 0 Å². The van der Waals surface area contributed by atoms with Gasteiger partial charge in [-0.3, -0.25) is 0 Å². The third kappa shape index (κ3) is 2.33. The second kappa shape index (κ2) is 3.03. The molecule has 0 aromatic rings. The normalized spacial score (nSPS) is 9.30. The first kappa shape index (κ1) is 8.72. The number of nitriles is 2. The molecule has 0 aromatic carbocycles. The summed E-state index contributed by atoms with van der Waals surface area (Å²) in [6, 6.07) is 3.84. The number of nitrogens with zero attached hydrogens (tertiary/aromatic N) is 2. The molecule has 0 aliphatic heterocycles. The van der Waals surface area contributed by atoms with Crippen molar-refractivity contribution in [3.8, 4) is 12.1 Å². The molecule has 10 heavy (non-hydrogen) atoms. The number of hydrogen-bond donors (Lipinski definition) is 0. The van der Waals surface area contributed by atoms with E-state index in [2.05, 4.69) is 0 Å². The average molecular weight is 134 g/mol. The summed E-state index contributed by atoms with van der Waals surface area (Å²) in [5, 5.41) is 17.0. The molecule has 2 nitrogen and oxygen atoms in total. The van der Waals surface area contributed by atoms with Gasteiger partial charge in [-0.2, -0.15) is 10.5 Å². The lowest BCUT2D eigenvalue weighted by Gasteiger charge is -2.04. The van der Waals surface area contributed by atoms with Crippen LogP contribution in [0, 0.1) is 28.1 Å². The summed E-state index contributed by atoms with van der Waals surface area (Å²) in [4.78, 5) is 0. The van der Waals surface area contributed by atoms with Gasteiger partial charge in [-0.05, 0) is 20.8 Å². The van der Waals surface area contributed by atoms with Crippen molar-refractivity contribution in [1.82, 2.24) is 0 Å². The minimum Gasteiger partial charge on any atom is -0.196 e. The van der Waals surface area contributed by atoms with Crippen molar-refractivity contribution >= 4 is 0 Å². The molecule has 0 saturated heterocycles. The Morgan fingerprint density at radius 2 is 1.70 bits per heavy atom. The Hall–Kier alpha value is -1.28. The van der Waals surface area contributed by atoms with E-state index in [-0.39, 0.29) is 0 Å².